The first-order valence-electron chi connectivity index (χ1n) is 5.95. The van der Waals surface area contributed by atoms with E-state index in [0.29, 0.717) is 28.8 Å². The summed E-state index contributed by atoms with van der Waals surface area (Å²) in [7, 11) is 1.49. The fourth-order valence-electron chi connectivity index (χ4n) is 1.69. The Hall–Kier alpha value is -0.970. The minimum absolute atomic E-state index is 0.115. The fraction of sp³-hybridized carbons (Fsp3) is 0.538. The van der Waals surface area contributed by atoms with Gasteiger partial charge in [-0.25, -0.2) is 0 Å². The maximum atomic E-state index is 9.92. The number of phenols is 1. The third-order valence-corrected chi connectivity index (χ3v) is 2.99. The average Bonchev–Trinajstić information content (AvgIpc) is 2.33. The molecule has 0 aliphatic carbocycles. The maximum Gasteiger partial charge on any atom is 0.162 e. The van der Waals surface area contributed by atoms with E-state index in [4.69, 9.17) is 21.4 Å². The van der Waals surface area contributed by atoms with Crippen molar-refractivity contribution in [1.29, 1.82) is 0 Å². The molecule has 102 valence electrons. The first-order valence-corrected chi connectivity index (χ1v) is 6.33. The Morgan fingerprint density at radius 1 is 1.44 bits per heavy atom. The lowest BCUT2D eigenvalue weighted by Crippen LogP contribution is -2.21. The molecular formula is C13H20ClNO3. The van der Waals surface area contributed by atoms with Crippen LogP contribution >= 0.6 is 11.6 Å². The molecule has 1 rings (SSSR count). The minimum atomic E-state index is 0.115. The van der Waals surface area contributed by atoms with Crippen molar-refractivity contribution in [3.05, 3.63) is 22.7 Å². The Morgan fingerprint density at radius 2 is 2.17 bits per heavy atom. The Labute approximate surface area is 113 Å². The standard InChI is InChI=1S/C13H20ClNO3/c1-9(3-4-16)7-15-8-10-5-11(14)6-12(18-2)13(10)17/h5-6,9,15-17H,3-4,7-8H2,1-2H3. The zero-order valence-electron chi connectivity index (χ0n) is 10.7. The number of hydrogen-bond donors (Lipinski definition) is 3. The molecule has 3 N–H and O–H groups in total. The third kappa shape index (κ3) is 4.37. The summed E-state index contributed by atoms with van der Waals surface area (Å²) in [6.07, 6.45) is 0.762. The lowest BCUT2D eigenvalue weighted by atomic mass is 10.1. The van der Waals surface area contributed by atoms with Gasteiger partial charge in [0.15, 0.2) is 11.5 Å². The van der Waals surface area contributed by atoms with Crippen LogP contribution in [0, 0.1) is 5.92 Å². The van der Waals surface area contributed by atoms with E-state index in [-0.39, 0.29) is 12.4 Å². The van der Waals surface area contributed by atoms with Crippen LogP contribution in [0.4, 0.5) is 0 Å². The van der Waals surface area contributed by atoms with Crippen molar-refractivity contribution < 1.29 is 14.9 Å². The molecule has 5 heteroatoms. The van der Waals surface area contributed by atoms with E-state index in [0.717, 1.165) is 13.0 Å². The average molecular weight is 274 g/mol. The number of aliphatic hydroxyl groups excluding tert-OH is 1. The lowest BCUT2D eigenvalue weighted by Gasteiger charge is -2.13. The van der Waals surface area contributed by atoms with Crippen LogP contribution in [-0.4, -0.2) is 30.5 Å². The molecule has 0 spiro atoms. The molecule has 0 saturated carbocycles. The third-order valence-electron chi connectivity index (χ3n) is 2.77. The molecule has 1 aromatic carbocycles. The second-order valence-electron chi connectivity index (χ2n) is 4.36. The Kier molecular flexibility index (Phi) is 6.25. The molecule has 0 aromatic heterocycles. The van der Waals surface area contributed by atoms with Gasteiger partial charge in [-0.05, 0) is 24.9 Å². The van der Waals surface area contributed by atoms with Gasteiger partial charge < -0.3 is 20.3 Å². The molecule has 0 fully saturated rings. The van der Waals surface area contributed by atoms with Crippen molar-refractivity contribution >= 4 is 11.6 Å². The van der Waals surface area contributed by atoms with E-state index in [1.165, 1.54) is 7.11 Å². The number of aliphatic hydroxyl groups is 1. The zero-order chi connectivity index (χ0) is 13.5. The van der Waals surface area contributed by atoms with Crippen LogP contribution in [0.25, 0.3) is 0 Å². The van der Waals surface area contributed by atoms with Crippen molar-refractivity contribution in [3.8, 4) is 11.5 Å². The number of hydrogen-bond acceptors (Lipinski definition) is 4. The van der Waals surface area contributed by atoms with Crippen LogP contribution in [0.2, 0.25) is 5.02 Å². The molecule has 0 aliphatic heterocycles. The highest BCUT2D eigenvalue weighted by Gasteiger charge is 2.10. The van der Waals surface area contributed by atoms with E-state index in [1.807, 2.05) is 0 Å². The van der Waals surface area contributed by atoms with Gasteiger partial charge in [0.25, 0.3) is 0 Å². The van der Waals surface area contributed by atoms with Gasteiger partial charge in [0.1, 0.15) is 0 Å². The lowest BCUT2D eigenvalue weighted by molar-refractivity contribution is 0.260. The quantitative estimate of drug-likeness (QED) is 0.712. The van der Waals surface area contributed by atoms with Crippen molar-refractivity contribution in [2.45, 2.75) is 19.9 Å². The highest BCUT2D eigenvalue weighted by Crippen LogP contribution is 2.33. The van der Waals surface area contributed by atoms with Crippen LogP contribution in [0.15, 0.2) is 12.1 Å². The summed E-state index contributed by atoms with van der Waals surface area (Å²) in [5.41, 5.74) is 0.704. The topological polar surface area (TPSA) is 61.7 Å². The van der Waals surface area contributed by atoms with Crippen molar-refractivity contribution in [2.75, 3.05) is 20.3 Å². The zero-order valence-corrected chi connectivity index (χ0v) is 11.5. The Morgan fingerprint density at radius 3 is 2.78 bits per heavy atom. The fourth-order valence-corrected chi connectivity index (χ4v) is 1.93. The summed E-state index contributed by atoms with van der Waals surface area (Å²) >= 11 is 5.94. The molecule has 4 nitrogen and oxygen atoms in total. The summed E-state index contributed by atoms with van der Waals surface area (Å²) < 4.78 is 5.04. The van der Waals surface area contributed by atoms with E-state index in [1.54, 1.807) is 12.1 Å². The Balaban J connectivity index is 2.59. The number of rotatable bonds is 7. The molecule has 0 bridgehead atoms. The predicted octanol–water partition coefficient (Wildman–Crippen LogP) is 2.16. The molecule has 1 atom stereocenters. The summed E-state index contributed by atoms with van der Waals surface area (Å²) in [6.45, 7) is 3.54. The second-order valence-corrected chi connectivity index (χ2v) is 4.80. The monoisotopic (exact) mass is 273 g/mol. The molecule has 1 aromatic rings. The van der Waals surface area contributed by atoms with Gasteiger partial charge >= 0.3 is 0 Å². The van der Waals surface area contributed by atoms with Gasteiger partial charge in [-0.1, -0.05) is 18.5 Å². The minimum Gasteiger partial charge on any atom is -0.504 e. The number of ether oxygens (including phenoxy) is 1. The smallest absolute Gasteiger partial charge is 0.162 e. The molecular weight excluding hydrogens is 254 g/mol. The largest absolute Gasteiger partial charge is 0.504 e. The summed E-state index contributed by atoms with van der Waals surface area (Å²) in [6, 6.07) is 3.29. The van der Waals surface area contributed by atoms with Crippen LogP contribution in [-0.2, 0) is 6.54 Å². The van der Waals surface area contributed by atoms with Gasteiger partial charge in [0, 0.05) is 29.8 Å². The van der Waals surface area contributed by atoms with E-state index in [2.05, 4.69) is 12.2 Å². The number of aromatic hydroxyl groups is 1. The van der Waals surface area contributed by atoms with Gasteiger partial charge in [-0.15, -0.1) is 0 Å². The highest BCUT2D eigenvalue weighted by molar-refractivity contribution is 6.30. The van der Waals surface area contributed by atoms with Crippen molar-refractivity contribution in [2.24, 2.45) is 5.92 Å². The number of methoxy groups -OCH3 is 1. The normalized spacial score (nSPS) is 12.4. The maximum absolute atomic E-state index is 9.92. The van der Waals surface area contributed by atoms with Gasteiger partial charge in [-0.3, -0.25) is 0 Å². The summed E-state index contributed by atoms with van der Waals surface area (Å²) in [5.74, 6) is 0.880. The first kappa shape index (κ1) is 15.1. The number of nitrogens with one attached hydrogen (secondary N) is 1. The van der Waals surface area contributed by atoms with Crippen molar-refractivity contribution in [1.82, 2.24) is 5.32 Å². The predicted molar refractivity (Wildman–Crippen MR) is 72.2 cm³/mol. The van der Waals surface area contributed by atoms with E-state index >= 15 is 0 Å². The SMILES string of the molecule is COc1cc(Cl)cc(CNCC(C)CCO)c1O. The first-order chi connectivity index (χ1) is 8.58. The van der Waals surface area contributed by atoms with Gasteiger partial charge in [0.05, 0.1) is 7.11 Å². The van der Waals surface area contributed by atoms with Crippen LogP contribution in [0.1, 0.15) is 18.9 Å². The Bertz CT molecular complexity index is 385. The molecule has 0 saturated heterocycles. The van der Waals surface area contributed by atoms with Crippen LogP contribution in [0.5, 0.6) is 11.5 Å². The van der Waals surface area contributed by atoms with E-state index in [9.17, 15) is 5.11 Å². The van der Waals surface area contributed by atoms with E-state index < -0.39 is 0 Å². The molecule has 0 heterocycles. The molecule has 0 aliphatic rings. The highest BCUT2D eigenvalue weighted by atomic mass is 35.5. The van der Waals surface area contributed by atoms with Gasteiger partial charge in [-0.2, -0.15) is 0 Å². The van der Waals surface area contributed by atoms with Crippen molar-refractivity contribution in [3.63, 3.8) is 0 Å². The summed E-state index contributed by atoms with van der Waals surface area (Å²) in [4.78, 5) is 0. The van der Waals surface area contributed by atoms with Gasteiger partial charge in [0.2, 0.25) is 0 Å². The molecule has 0 radical (unpaired) electrons. The molecule has 0 amide bonds. The summed E-state index contributed by atoms with van der Waals surface area (Å²) in [5, 5.41) is 22.5. The molecule has 1 unspecified atom stereocenters. The number of halogens is 1. The van der Waals surface area contributed by atoms with Crippen LogP contribution in [0.3, 0.4) is 0 Å². The molecule has 18 heavy (non-hydrogen) atoms. The number of benzene rings is 1. The van der Waals surface area contributed by atoms with Crippen LogP contribution < -0.4 is 10.1 Å². The number of phenolic OH excluding ortho intramolecular Hbond substituents is 1. The second kappa shape index (κ2) is 7.46.